The SMILES string of the molecule is C#CN(C(=O)CNC(=O)OC(C)(C)C)C(C(=O)Nc1ccc(OC)cc1)c1cccc(C)c1C. The van der Waals surface area contributed by atoms with Crippen LogP contribution in [-0.2, 0) is 14.3 Å². The Bertz CT molecular complexity index is 1080. The molecule has 0 aliphatic carbocycles. The predicted octanol–water partition coefficient (Wildman–Crippen LogP) is 3.94. The van der Waals surface area contributed by atoms with E-state index in [4.69, 9.17) is 15.9 Å². The number of methoxy groups -OCH3 is 1. The molecule has 2 rings (SSSR count). The lowest BCUT2D eigenvalue weighted by Gasteiger charge is -2.28. The summed E-state index contributed by atoms with van der Waals surface area (Å²) in [6.45, 7) is 8.46. The minimum Gasteiger partial charge on any atom is -0.497 e. The van der Waals surface area contributed by atoms with Crippen molar-refractivity contribution < 1.29 is 23.9 Å². The minimum atomic E-state index is -1.13. The van der Waals surface area contributed by atoms with E-state index >= 15 is 0 Å². The van der Waals surface area contributed by atoms with Crippen LogP contribution in [0.3, 0.4) is 0 Å². The zero-order valence-electron chi connectivity index (χ0n) is 20.4. The fourth-order valence-corrected chi connectivity index (χ4v) is 3.19. The number of nitrogens with zero attached hydrogens (tertiary/aromatic N) is 1. The topological polar surface area (TPSA) is 97.0 Å². The molecule has 2 aromatic carbocycles. The number of carbonyl (C=O) groups excluding carboxylic acids is 3. The minimum absolute atomic E-state index is 0.434. The maximum atomic E-state index is 13.4. The number of hydrogen-bond donors (Lipinski definition) is 2. The number of anilines is 1. The highest BCUT2D eigenvalue weighted by Gasteiger charge is 2.32. The van der Waals surface area contributed by atoms with Gasteiger partial charge in [0.2, 0.25) is 0 Å². The number of carbonyl (C=O) groups is 3. The molecule has 3 amide bonds. The van der Waals surface area contributed by atoms with Crippen LogP contribution in [0, 0.1) is 26.3 Å². The van der Waals surface area contributed by atoms with E-state index in [-0.39, 0.29) is 0 Å². The predicted molar refractivity (Wildman–Crippen MR) is 130 cm³/mol. The molecule has 34 heavy (non-hydrogen) atoms. The van der Waals surface area contributed by atoms with E-state index in [9.17, 15) is 14.4 Å². The molecule has 8 nitrogen and oxygen atoms in total. The van der Waals surface area contributed by atoms with Gasteiger partial charge < -0.3 is 20.1 Å². The normalized spacial score (nSPS) is 11.6. The number of amides is 3. The van der Waals surface area contributed by atoms with Gasteiger partial charge in [-0.1, -0.05) is 24.6 Å². The zero-order chi connectivity index (χ0) is 25.5. The molecule has 2 N–H and O–H groups in total. The van der Waals surface area contributed by atoms with E-state index < -0.39 is 36.1 Å². The lowest BCUT2D eigenvalue weighted by atomic mass is 9.95. The Labute approximate surface area is 200 Å². The maximum Gasteiger partial charge on any atom is 0.408 e. The molecular formula is C26H31N3O5. The third kappa shape index (κ3) is 7.01. The molecule has 0 heterocycles. The fraction of sp³-hybridized carbons (Fsp3) is 0.346. The van der Waals surface area contributed by atoms with E-state index in [1.54, 1.807) is 64.3 Å². The molecule has 0 radical (unpaired) electrons. The molecule has 1 unspecified atom stereocenters. The van der Waals surface area contributed by atoms with Gasteiger partial charge in [0.05, 0.1) is 7.11 Å². The summed E-state index contributed by atoms with van der Waals surface area (Å²) >= 11 is 0. The van der Waals surface area contributed by atoms with E-state index in [0.29, 0.717) is 17.0 Å². The molecule has 0 fully saturated rings. The van der Waals surface area contributed by atoms with Crippen molar-refractivity contribution in [1.29, 1.82) is 0 Å². The number of hydrogen-bond acceptors (Lipinski definition) is 5. The molecule has 180 valence electrons. The highest BCUT2D eigenvalue weighted by atomic mass is 16.6. The largest absolute Gasteiger partial charge is 0.497 e. The van der Waals surface area contributed by atoms with Gasteiger partial charge in [0.1, 0.15) is 23.9 Å². The molecule has 0 spiro atoms. The molecule has 0 aromatic heterocycles. The summed E-state index contributed by atoms with van der Waals surface area (Å²) in [6, 6.07) is 13.4. The molecule has 1 atom stereocenters. The first-order valence-corrected chi connectivity index (χ1v) is 10.7. The molecule has 0 aliphatic heterocycles. The van der Waals surface area contributed by atoms with E-state index in [0.717, 1.165) is 16.0 Å². The standard InChI is InChI=1S/C26H31N3O5/c1-8-29(22(30)16-27-25(32)34-26(4,5)6)23(21-11-9-10-17(2)18(21)3)24(31)28-19-12-14-20(33-7)15-13-19/h1,9-15,23H,16H2,2-7H3,(H,27,32)(H,28,31). The highest BCUT2D eigenvalue weighted by molar-refractivity contribution is 5.99. The molecule has 2 aromatic rings. The third-order valence-corrected chi connectivity index (χ3v) is 5.00. The number of aryl methyl sites for hydroxylation is 1. The van der Waals surface area contributed by atoms with Crippen molar-refractivity contribution in [2.24, 2.45) is 0 Å². The molecule has 0 saturated heterocycles. The number of ether oxygens (including phenoxy) is 2. The first kappa shape index (κ1) is 26.3. The number of nitrogens with one attached hydrogen (secondary N) is 2. The molecular weight excluding hydrogens is 434 g/mol. The first-order chi connectivity index (χ1) is 16.0. The van der Waals surface area contributed by atoms with Crippen LogP contribution < -0.4 is 15.4 Å². The Morgan fingerprint density at radius 2 is 1.74 bits per heavy atom. The van der Waals surface area contributed by atoms with E-state index in [1.165, 1.54) is 0 Å². The lowest BCUT2D eigenvalue weighted by molar-refractivity contribution is -0.134. The van der Waals surface area contributed by atoms with Gasteiger partial charge >= 0.3 is 6.09 Å². The number of rotatable bonds is 7. The van der Waals surface area contributed by atoms with Gasteiger partial charge in [-0.05, 0) is 75.6 Å². The van der Waals surface area contributed by atoms with Crippen LogP contribution in [-0.4, -0.2) is 42.1 Å². The van der Waals surface area contributed by atoms with Crippen molar-refractivity contribution in [2.45, 2.75) is 46.3 Å². The van der Waals surface area contributed by atoms with Crippen LogP contribution in [0.15, 0.2) is 42.5 Å². The van der Waals surface area contributed by atoms with Crippen molar-refractivity contribution in [3.63, 3.8) is 0 Å². The quantitative estimate of drug-likeness (QED) is 0.477. The average molecular weight is 466 g/mol. The summed E-state index contributed by atoms with van der Waals surface area (Å²) in [7, 11) is 1.55. The second-order valence-corrected chi connectivity index (χ2v) is 8.66. The second kappa shape index (κ2) is 11.2. The van der Waals surface area contributed by atoms with Crippen molar-refractivity contribution in [3.05, 3.63) is 59.2 Å². The number of alkyl carbamates (subject to hydrolysis) is 1. The Hall–Kier alpha value is -3.99. The van der Waals surface area contributed by atoms with Gasteiger partial charge in [-0.15, -0.1) is 0 Å². The van der Waals surface area contributed by atoms with Gasteiger partial charge in [0.15, 0.2) is 0 Å². The van der Waals surface area contributed by atoms with E-state index in [1.807, 2.05) is 19.9 Å². The van der Waals surface area contributed by atoms with Crippen LogP contribution in [0.25, 0.3) is 0 Å². The van der Waals surface area contributed by atoms with Crippen molar-refractivity contribution in [3.8, 4) is 18.2 Å². The highest BCUT2D eigenvalue weighted by Crippen LogP contribution is 2.28. The molecule has 0 saturated carbocycles. The van der Waals surface area contributed by atoms with E-state index in [2.05, 4.69) is 16.7 Å². The number of terminal acetylenes is 1. The monoisotopic (exact) mass is 465 g/mol. The van der Waals surface area contributed by atoms with Crippen molar-refractivity contribution in [2.75, 3.05) is 19.0 Å². The van der Waals surface area contributed by atoms with Gasteiger partial charge in [0, 0.05) is 11.7 Å². The Balaban J connectivity index is 2.34. The van der Waals surface area contributed by atoms with Crippen LogP contribution in [0.2, 0.25) is 0 Å². The first-order valence-electron chi connectivity index (χ1n) is 10.7. The van der Waals surface area contributed by atoms with Gasteiger partial charge in [-0.25, -0.2) is 4.79 Å². The summed E-state index contributed by atoms with van der Waals surface area (Å²) < 4.78 is 10.3. The van der Waals surface area contributed by atoms with Crippen LogP contribution in [0.1, 0.15) is 43.5 Å². The Kier molecular flexibility index (Phi) is 8.68. The average Bonchev–Trinajstić information content (AvgIpc) is 2.77. The third-order valence-electron chi connectivity index (χ3n) is 5.00. The maximum absolute atomic E-state index is 13.4. The smallest absolute Gasteiger partial charge is 0.408 e. The molecule has 8 heteroatoms. The summed E-state index contributed by atoms with van der Waals surface area (Å²) in [4.78, 5) is 39.4. The van der Waals surface area contributed by atoms with Gasteiger partial charge in [-0.3, -0.25) is 14.5 Å². The van der Waals surface area contributed by atoms with Crippen molar-refractivity contribution in [1.82, 2.24) is 10.2 Å². The van der Waals surface area contributed by atoms with Gasteiger partial charge in [-0.2, -0.15) is 0 Å². The summed E-state index contributed by atoms with van der Waals surface area (Å²) in [6.07, 6.45) is 4.93. The molecule has 0 aliphatic rings. The summed E-state index contributed by atoms with van der Waals surface area (Å²) in [5.41, 5.74) is 2.13. The fourth-order valence-electron chi connectivity index (χ4n) is 3.19. The Morgan fingerprint density at radius 1 is 1.09 bits per heavy atom. The van der Waals surface area contributed by atoms with Gasteiger partial charge in [0.25, 0.3) is 11.8 Å². The summed E-state index contributed by atoms with van der Waals surface area (Å²) in [5, 5.41) is 5.20. The summed E-state index contributed by atoms with van der Waals surface area (Å²) in [5.74, 6) is -0.496. The molecule has 0 bridgehead atoms. The van der Waals surface area contributed by atoms with Crippen LogP contribution in [0.4, 0.5) is 10.5 Å². The Morgan fingerprint density at radius 3 is 2.29 bits per heavy atom. The second-order valence-electron chi connectivity index (χ2n) is 8.66. The van der Waals surface area contributed by atoms with Crippen molar-refractivity contribution >= 4 is 23.6 Å². The zero-order valence-corrected chi connectivity index (χ0v) is 20.4. The van der Waals surface area contributed by atoms with Crippen LogP contribution in [0.5, 0.6) is 5.75 Å². The lowest BCUT2D eigenvalue weighted by Crippen LogP contribution is -2.44. The van der Waals surface area contributed by atoms with Crippen LogP contribution >= 0.6 is 0 Å². The number of benzene rings is 2.